The van der Waals surface area contributed by atoms with Crippen LogP contribution in [0.15, 0.2) is 48.5 Å². The predicted molar refractivity (Wildman–Crippen MR) is 76.4 cm³/mol. The lowest BCUT2D eigenvalue weighted by Gasteiger charge is -2.12. The molecule has 0 fully saturated rings. The van der Waals surface area contributed by atoms with Gasteiger partial charge in [0.1, 0.15) is 11.9 Å². The number of benzene rings is 2. The molecule has 0 saturated heterocycles. The summed E-state index contributed by atoms with van der Waals surface area (Å²) in [6.45, 7) is 1.70. The molecule has 0 aliphatic rings. The van der Waals surface area contributed by atoms with Gasteiger partial charge in [0, 0.05) is 16.1 Å². The first-order chi connectivity index (χ1) is 9.58. The third-order valence-electron chi connectivity index (χ3n) is 2.93. The fourth-order valence-electron chi connectivity index (χ4n) is 1.78. The van der Waals surface area contributed by atoms with Crippen LogP contribution in [0.25, 0.3) is 0 Å². The number of Topliss-reactive ketones (excluding diaryl/α,β-unsaturated/α-hetero) is 1. The minimum atomic E-state index is -0.659. The van der Waals surface area contributed by atoms with Gasteiger partial charge in [-0.1, -0.05) is 41.9 Å². The maximum Gasteiger partial charge on any atom is 0.191 e. The van der Waals surface area contributed by atoms with Crippen molar-refractivity contribution in [3.63, 3.8) is 0 Å². The first-order valence-electron chi connectivity index (χ1n) is 6.22. The van der Waals surface area contributed by atoms with Crippen LogP contribution in [0.1, 0.15) is 22.8 Å². The first kappa shape index (κ1) is 14.7. The fraction of sp³-hybridized carbons (Fsp3) is 0.188. The predicted octanol–water partition coefficient (Wildman–Crippen LogP) is 4.27. The third kappa shape index (κ3) is 3.65. The molecule has 0 aliphatic carbocycles. The highest BCUT2D eigenvalue weighted by Crippen LogP contribution is 2.15. The molecule has 20 heavy (non-hydrogen) atoms. The van der Waals surface area contributed by atoms with Crippen LogP contribution in [-0.4, -0.2) is 11.9 Å². The van der Waals surface area contributed by atoms with E-state index in [1.807, 2.05) is 0 Å². The Kier molecular flexibility index (Phi) is 4.88. The molecule has 0 spiro atoms. The molecule has 2 rings (SSSR count). The number of carbonyl (C=O) groups excluding carboxylic acids is 1. The number of carbonyl (C=O) groups is 1. The summed E-state index contributed by atoms with van der Waals surface area (Å²) in [6, 6.07) is 13.0. The van der Waals surface area contributed by atoms with E-state index in [2.05, 4.69) is 0 Å². The van der Waals surface area contributed by atoms with E-state index in [0.717, 1.165) is 0 Å². The first-order valence-corrected chi connectivity index (χ1v) is 6.60. The topological polar surface area (TPSA) is 26.3 Å². The van der Waals surface area contributed by atoms with Crippen molar-refractivity contribution in [1.82, 2.24) is 0 Å². The Morgan fingerprint density at radius 2 is 2.00 bits per heavy atom. The van der Waals surface area contributed by atoms with Crippen LogP contribution in [0.2, 0.25) is 5.02 Å². The number of hydrogen-bond donors (Lipinski definition) is 0. The van der Waals surface area contributed by atoms with Gasteiger partial charge in [0.25, 0.3) is 0 Å². The van der Waals surface area contributed by atoms with E-state index in [4.69, 9.17) is 16.3 Å². The van der Waals surface area contributed by atoms with Crippen molar-refractivity contribution in [2.24, 2.45) is 0 Å². The molecule has 1 unspecified atom stereocenters. The molecule has 0 aliphatic heterocycles. The Hall–Kier alpha value is -1.71. The number of ketones is 1. The summed E-state index contributed by atoms with van der Waals surface area (Å²) in [5.74, 6) is -0.515. The van der Waals surface area contributed by atoms with Crippen LogP contribution < -0.4 is 0 Å². The molecule has 0 bridgehead atoms. The number of rotatable bonds is 5. The quantitative estimate of drug-likeness (QED) is 0.769. The second-order valence-electron chi connectivity index (χ2n) is 4.42. The summed E-state index contributed by atoms with van der Waals surface area (Å²) < 4.78 is 18.9. The molecule has 0 radical (unpaired) electrons. The molecule has 0 aromatic heterocycles. The van der Waals surface area contributed by atoms with Crippen molar-refractivity contribution < 1.29 is 13.9 Å². The molecular formula is C16H14ClFO2. The average molecular weight is 293 g/mol. The monoisotopic (exact) mass is 292 g/mol. The Morgan fingerprint density at radius 3 is 2.70 bits per heavy atom. The molecule has 2 aromatic carbocycles. The van der Waals surface area contributed by atoms with Crippen LogP contribution >= 0.6 is 11.6 Å². The molecular weight excluding hydrogens is 279 g/mol. The van der Waals surface area contributed by atoms with Crippen molar-refractivity contribution in [3.8, 4) is 0 Å². The van der Waals surface area contributed by atoms with Crippen LogP contribution in [0, 0.1) is 5.82 Å². The average Bonchev–Trinajstić information content (AvgIpc) is 2.45. The van der Waals surface area contributed by atoms with Crippen molar-refractivity contribution in [2.75, 3.05) is 0 Å². The number of halogens is 2. The molecule has 104 valence electrons. The van der Waals surface area contributed by atoms with Crippen LogP contribution in [0.3, 0.4) is 0 Å². The zero-order valence-electron chi connectivity index (χ0n) is 11.0. The van der Waals surface area contributed by atoms with Crippen LogP contribution in [-0.2, 0) is 11.3 Å². The van der Waals surface area contributed by atoms with Crippen molar-refractivity contribution in [1.29, 1.82) is 0 Å². The molecule has 0 amide bonds. The third-order valence-corrected chi connectivity index (χ3v) is 3.16. The minimum absolute atomic E-state index is 0.0557. The van der Waals surface area contributed by atoms with Gasteiger partial charge < -0.3 is 4.74 Å². The van der Waals surface area contributed by atoms with Gasteiger partial charge in [-0.05, 0) is 25.1 Å². The van der Waals surface area contributed by atoms with Gasteiger partial charge in [-0.25, -0.2) is 4.39 Å². The molecule has 1 atom stereocenters. The maximum atomic E-state index is 13.4. The van der Waals surface area contributed by atoms with E-state index < -0.39 is 6.10 Å². The summed E-state index contributed by atoms with van der Waals surface area (Å²) in [7, 11) is 0. The van der Waals surface area contributed by atoms with Gasteiger partial charge in [-0.2, -0.15) is 0 Å². The molecule has 0 N–H and O–H groups in total. The molecule has 2 aromatic rings. The van der Waals surface area contributed by atoms with Gasteiger partial charge in [-0.15, -0.1) is 0 Å². The van der Waals surface area contributed by atoms with Crippen molar-refractivity contribution in [2.45, 2.75) is 19.6 Å². The maximum absolute atomic E-state index is 13.4. The van der Waals surface area contributed by atoms with Gasteiger partial charge in [-0.3, -0.25) is 4.79 Å². The Bertz CT molecular complexity index is 613. The van der Waals surface area contributed by atoms with Crippen LogP contribution in [0.4, 0.5) is 4.39 Å². The molecule has 0 heterocycles. The van der Waals surface area contributed by atoms with E-state index in [-0.39, 0.29) is 18.2 Å². The SMILES string of the molecule is CC(OCc1ccccc1F)C(=O)c1cccc(Cl)c1. The summed E-state index contributed by atoms with van der Waals surface area (Å²) in [5.41, 5.74) is 0.914. The number of hydrogen-bond acceptors (Lipinski definition) is 2. The summed E-state index contributed by atoms with van der Waals surface area (Å²) in [4.78, 5) is 12.1. The summed E-state index contributed by atoms with van der Waals surface area (Å²) >= 11 is 5.84. The zero-order valence-corrected chi connectivity index (χ0v) is 11.7. The summed E-state index contributed by atoms with van der Waals surface area (Å²) in [5, 5.41) is 0.497. The van der Waals surface area contributed by atoms with E-state index in [0.29, 0.717) is 16.1 Å². The fourth-order valence-corrected chi connectivity index (χ4v) is 1.97. The van der Waals surface area contributed by atoms with Gasteiger partial charge in [0.2, 0.25) is 0 Å². The van der Waals surface area contributed by atoms with E-state index in [9.17, 15) is 9.18 Å². The highest BCUT2D eigenvalue weighted by molar-refractivity contribution is 6.31. The standard InChI is InChI=1S/C16H14ClFO2/c1-11(16(19)12-6-4-7-14(17)9-12)20-10-13-5-2-3-8-15(13)18/h2-9,11H,10H2,1H3. The zero-order chi connectivity index (χ0) is 14.5. The lowest BCUT2D eigenvalue weighted by atomic mass is 10.1. The Morgan fingerprint density at radius 1 is 1.25 bits per heavy atom. The highest BCUT2D eigenvalue weighted by Gasteiger charge is 2.16. The lowest BCUT2D eigenvalue weighted by Crippen LogP contribution is -2.21. The largest absolute Gasteiger partial charge is 0.366 e. The molecule has 0 saturated carbocycles. The van der Waals surface area contributed by atoms with Crippen molar-refractivity contribution >= 4 is 17.4 Å². The second-order valence-corrected chi connectivity index (χ2v) is 4.86. The van der Waals surface area contributed by atoms with Gasteiger partial charge in [0.05, 0.1) is 6.61 Å². The second kappa shape index (κ2) is 6.64. The molecule has 4 heteroatoms. The van der Waals surface area contributed by atoms with Crippen LogP contribution in [0.5, 0.6) is 0 Å². The van der Waals surface area contributed by atoms with Gasteiger partial charge in [0.15, 0.2) is 5.78 Å². The number of ether oxygens (including phenoxy) is 1. The highest BCUT2D eigenvalue weighted by atomic mass is 35.5. The van der Waals surface area contributed by atoms with E-state index in [1.54, 1.807) is 49.4 Å². The summed E-state index contributed by atoms with van der Waals surface area (Å²) in [6.07, 6.45) is -0.659. The van der Waals surface area contributed by atoms with Gasteiger partial charge >= 0.3 is 0 Å². The smallest absolute Gasteiger partial charge is 0.191 e. The minimum Gasteiger partial charge on any atom is -0.366 e. The Labute approximate surface area is 122 Å². The molecule has 2 nitrogen and oxygen atoms in total. The lowest BCUT2D eigenvalue weighted by molar-refractivity contribution is 0.0403. The van der Waals surface area contributed by atoms with E-state index >= 15 is 0 Å². The van der Waals surface area contributed by atoms with E-state index in [1.165, 1.54) is 6.07 Å². The van der Waals surface area contributed by atoms with Crippen molar-refractivity contribution in [3.05, 3.63) is 70.5 Å². The normalized spacial score (nSPS) is 12.2. The Balaban J connectivity index is 2.00.